The molecule has 2 aromatic heterocycles. The summed E-state index contributed by atoms with van der Waals surface area (Å²) in [7, 11) is 0. The SMILES string of the molecule is O=C(O)c1cc(CSc2nncs2)on1. The summed E-state index contributed by atoms with van der Waals surface area (Å²) in [4.78, 5) is 10.5. The molecule has 0 aliphatic heterocycles. The molecule has 0 saturated heterocycles. The van der Waals surface area contributed by atoms with Gasteiger partial charge in [0.05, 0.1) is 5.75 Å². The van der Waals surface area contributed by atoms with Gasteiger partial charge in [0.25, 0.3) is 0 Å². The molecule has 0 amide bonds. The van der Waals surface area contributed by atoms with E-state index in [0.717, 1.165) is 4.34 Å². The number of aromatic carboxylic acids is 1. The largest absolute Gasteiger partial charge is 0.476 e. The summed E-state index contributed by atoms with van der Waals surface area (Å²) in [5.74, 6) is -0.0892. The minimum atomic E-state index is -1.09. The summed E-state index contributed by atoms with van der Waals surface area (Å²) in [5, 5.41) is 19.5. The number of hydrogen-bond donors (Lipinski definition) is 1. The monoisotopic (exact) mass is 243 g/mol. The topological polar surface area (TPSA) is 89.1 Å². The van der Waals surface area contributed by atoms with Crippen LogP contribution in [0, 0.1) is 0 Å². The molecule has 1 N–H and O–H groups in total. The Morgan fingerprint density at radius 1 is 1.67 bits per heavy atom. The molecule has 2 heterocycles. The van der Waals surface area contributed by atoms with E-state index in [1.54, 1.807) is 5.51 Å². The lowest BCUT2D eigenvalue weighted by Gasteiger charge is -1.89. The highest BCUT2D eigenvalue weighted by atomic mass is 32.2. The fourth-order valence-corrected chi connectivity index (χ4v) is 2.20. The quantitative estimate of drug-likeness (QED) is 0.814. The Morgan fingerprint density at radius 2 is 2.53 bits per heavy atom. The third-order valence-electron chi connectivity index (χ3n) is 1.46. The molecule has 78 valence electrons. The Kier molecular flexibility index (Phi) is 2.97. The van der Waals surface area contributed by atoms with Crippen LogP contribution >= 0.6 is 23.1 Å². The van der Waals surface area contributed by atoms with Crippen LogP contribution in [0.2, 0.25) is 0 Å². The average Bonchev–Trinajstić information content (AvgIpc) is 2.86. The summed E-state index contributed by atoms with van der Waals surface area (Å²) in [6.45, 7) is 0. The van der Waals surface area contributed by atoms with Gasteiger partial charge < -0.3 is 9.63 Å². The second kappa shape index (κ2) is 4.41. The number of hydrogen-bond acceptors (Lipinski definition) is 7. The van der Waals surface area contributed by atoms with Crippen molar-refractivity contribution in [1.82, 2.24) is 15.4 Å². The van der Waals surface area contributed by atoms with Gasteiger partial charge in [-0.15, -0.1) is 10.2 Å². The second-order valence-corrected chi connectivity index (χ2v) is 4.53. The van der Waals surface area contributed by atoms with Gasteiger partial charge in [-0.1, -0.05) is 28.3 Å². The minimum Gasteiger partial charge on any atom is -0.476 e. The molecule has 0 bridgehead atoms. The lowest BCUT2D eigenvalue weighted by atomic mass is 10.4. The molecular weight excluding hydrogens is 238 g/mol. The summed E-state index contributed by atoms with van der Waals surface area (Å²) in [6, 6.07) is 1.40. The van der Waals surface area contributed by atoms with E-state index < -0.39 is 5.97 Å². The number of nitrogens with zero attached hydrogens (tertiary/aromatic N) is 3. The van der Waals surface area contributed by atoms with Gasteiger partial charge in [-0.3, -0.25) is 0 Å². The third-order valence-corrected chi connectivity index (χ3v) is 3.34. The fraction of sp³-hybridized carbons (Fsp3) is 0.143. The van der Waals surface area contributed by atoms with Crippen LogP contribution in [-0.4, -0.2) is 26.4 Å². The van der Waals surface area contributed by atoms with Crippen LogP contribution in [0.3, 0.4) is 0 Å². The van der Waals surface area contributed by atoms with Crippen LogP contribution in [0.5, 0.6) is 0 Å². The first kappa shape index (κ1) is 10.1. The molecule has 0 aliphatic rings. The molecule has 0 atom stereocenters. The highest BCUT2D eigenvalue weighted by molar-refractivity contribution is 8.00. The zero-order valence-electron chi connectivity index (χ0n) is 7.28. The Bertz CT molecular complexity index is 454. The number of carboxylic acids is 1. The van der Waals surface area contributed by atoms with Crippen molar-refractivity contribution >= 4 is 29.1 Å². The first-order chi connectivity index (χ1) is 7.25. The lowest BCUT2D eigenvalue weighted by Crippen LogP contribution is -1.94. The van der Waals surface area contributed by atoms with Gasteiger partial charge in [-0.2, -0.15) is 0 Å². The second-order valence-electron chi connectivity index (χ2n) is 2.48. The van der Waals surface area contributed by atoms with E-state index in [1.807, 2.05) is 0 Å². The van der Waals surface area contributed by atoms with Gasteiger partial charge in [0.2, 0.25) is 0 Å². The van der Waals surface area contributed by atoms with E-state index in [1.165, 1.54) is 29.2 Å². The molecule has 0 saturated carbocycles. The molecule has 6 nitrogen and oxygen atoms in total. The number of carbonyl (C=O) groups is 1. The molecule has 0 spiro atoms. The van der Waals surface area contributed by atoms with Gasteiger partial charge in [0.15, 0.2) is 10.0 Å². The zero-order chi connectivity index (χ0) is 10.7. The minimum absolute atomic E-state index is 0.0807. The predicted octanol–water partition coefficient (Wildman–Crippen LogP) is 1.52. The maximum atomic E-state index is 10.5. The van der Waals surface area contributed by atoms with Crippen LogP contribution < -0.4 is 0 Å². The Hall–Kier alpha value is -1.41. The number of carboxylic acid groups (broad SMARTS) is 1. The third kappa shape index (κ3) is 2.54. The van der Waals surface area contributed by atoms with E-state index in [9.17, 15) is 4.79 Å². The normalized spacial score (nSPS) is 10.4. The van der Waals surface area contributed by atoms with Crippen LogP contribution in [0.1, 0.15) is 16.2 Å². The molecule has 0 radical (unpaired) electrons. The first-order valence-corrected chi connectivity index (χ1v) is 5.70. The molecule has 8 heteroatoms. The summed E-state index contributed by atoms with van der Waals surface area (Å²) < 4.78 is 5.64. The molecule has 2 aromatic rings. The van der Waals surface area contributed by atoms with Gasteiger partial charge in [-0.25, -0.2) is 4.79 Å². The van der Waals surface area contributed by atoms with Gasteiger partial charge in [0, 0.05) is 6.07 Å². The van der Waals surface area contributed by atoms with E-state index >= 15 is 0 Å². The first-order valence-electron chi connectivity index (χ1n) is 3.83. The van der Waals surface area contributed by atoms with Gasteiger partial charge in [-0.05, 0) is 0 Å². The van der Waals surface area contributed by atoms with Crippen LogP contribution in [0.4, 0.5) is 0 Å². The van der Waals surface area contributed by atoms with Crippen LogP contribution in [-0.2, 0) is 5.75 Å². The van der Waals surface area contributed by atoms with Crippen LogP contribution in [0.15, 0.2) is 20.4 Å². The van der Waals surface area contributed by atoms with Crippen molar-refractivity contribution in [2.75, 3.05) is 0 Å². The van der Waals surface area contributed by atoms with E-state index in [-0.39, 0.29) is 5.69 Å². The molecule has 15 heavy (non-hydrogen) atoms. The summed E-state index contributed by atoms with van der Waals surface area (Å²) >= 11 is 2.84. The highest BCUT2D eigenvalue weighted by Crippen LogP contribution is 2.23. The number of rotatable bonds is 4. The van der Waals surface area contributed by atoms with Crippen LogP contribution in [0.25, 0.3) is 0 Å². The molecule has 0 unspecified atom stereocenters. The maximum Gasteiger partial charge on any atom is 0.358 e. The maximum absolute atomic E-state index is 10.5. The van der Waals surface area contributed by atoms with E-state index in [2.05, 4.69) is 15.4 Å². The van der Waals surface area contributed by atoms with E-state index in [0.29, 0.717) is 11.5 Å². The van der Waals surface area contributed by atoms with Crippen molar-refractivity contribution in [3.05, 3.63) is 23.0 Å². The summed E-state index contributed by atoms with van der Waals surface area (Å²) in [6.07, 6.45) is 0. The average molecular weight is 243 g/mol. The van der Waals surface area contributed by atoms with Crippen molar-refractivity contribution in [1.29, 1.82) is 0 Å². The molecule has 2 rings (SSSR count). The summed E-state index contributed by atoms with van der Waals surface area (Å²) in [5.41, 5.74) is 1.55. The highest BCUT2D eigenvalue weighted by Gasteiger charge is 2.11. The Labute approximate surface area is 92.3 Å². The molecule has 0 fully saturated rings. The Morgan fingerprint density at radius 3 is 3.13 bits per heavy atom. The molecule has 0 aliphatic carbocycles. The molecule has 0 aromatic carbocycles. The number of aromatic nitrogens is 3. The van der Waals surface area contributed by atoms with Gasteiger partial charge >= 0.3 is 5.97 Å². The molecular formula is C7H5N3O3S2. The van der Waals surface area contributed by atoms with E-state index in [4.69, 9.17) is 9.63 Å². The van der Waals surface area contributed by atoms with Gasteiger partial charge in [0.1, 0.15) is 11.3 Å². The Balaban J connectivity index is 1.96. The van der Waals surface area contributed by atoms with Crippen molar-refractivity contribution in [3.63, 3.8) is 0 Å². The fourth-order valence-electron chi connectivity index (χ4n) is 0.840. The standard InChI is InChI=1S/C7H5N3O3S2/c11-6(12)5-1-4(13-10-5)2-14-7-9-8-3-15-7/h1,3H,2H2,(H,11,12). The lowest BCUT2D eigenvalue weighted by molar-refractivity contribution is 0.0685. The zero-order valence-corrected chi connectivity index (χ0v) is 8.92. The van der Waals surface area contributed by atoms with Crippen molar-refractivity contribution < 1.29 is 14.4 Å². The van der Waals surface area contributed by atoms with Crippen molar-refractivity contribution in [3.8, 4) is 0 Å². The smallest absolute Gasteiger partial charge is 0.358 e. The number of thioether (sulfide) groups is 1. The van der Waals surface area contributed by atoms with Crippen molar-refractivity contribution in [2.45, 2.75) is 10.1 Å². The predicted molar refractivity (Wildman–Crippen MR) is 52.9 cm³/mol. The van der Waals surface area contributed by atoms with Crippen molar-refractivity contribution in [2.24, 2.45) is 0 Å².